The van der Waals surface area contributed by atoms with Crippen LogP contribution in [0.4, 0.5) is 19.0 Å². The van der Waals surface area contributed by atoms with Crippen LogP contribution in [-0.2, 0) is 33.0 Å². The first-order chi connectivity index (χ1) is 22.2. The van der Waals surface area contributed by atoms with Crippen LogP contribution in [0, 0.1) is 25.7 Å². The van der Waals surface area contributed by atoms with Crippen LogP contribution in [0.25, 0.3) is 5.65 Å². The number of carboxylic acids is 1. The second kappa shape index (κ2) is 10.9. The molecule has 4 atom stereocenters. The number of hydrogen-bond acceptors (Lipinski definition) is 8. The summed E-state index contributed by atoms with van der Waals surface area (Å²) >= 11 is 6.24. The van der Waals surface area contributed by atoms with Crippen LogP contribution in [0.3, 0.4) is 0 Å². The van der Waals surface area contributed by atoms with Crippen LogP contribution in [0.15, 0.2) is 41.6 Å². The molecule has 0 radical (unpaired) electrons. The minimum atomic E-state index is -4.74. The van der Waals surface area contributed by atoms with Gasteiger partial charge in [-0.25, -0.2) is 13.4 Å². The van der Waals surface area contributed by atoms with Gasteiger partial charge in [0.25, 0.3) is 0 Å². The largest absolute Gasteiger partial charge is 0.481 e. The van der Waals surface area contributed by atoms with Gasteiger partial charge in [-0.05, 0) is 73.9 Å². The van der Waals surface area contributed by atoms with Gasteiger partial charge in [-0.1, -0.05) is 24.6 Å². The Morgan fingerprint density at radius 1 is 1.17 bits per heavy atom. The molecule has 0 spiro atoms. The summed E-state index contributed by atoms with van der Waals surface area (Å²) in [5.74, 6) is -3.30. The number of aryl methyl sites for hydroxylation is 2. The van der Waals surface area contributed by atoms with Gasteiger partial charge in [-0.3, -0.25) is 14.2 Å². The van der Waals surface area contributed by atoms with Crippen molar-refractivity contribution in [2.45, 2.75) is 69.1 Å². The van der Waals surface area contributed by atoms with E-state index in [2.05, 4.69) is 15.2 Å². The molecule has 2 aliphatic heterocycles. The maximum Gasteiger partial charge on any atom is 0.452 e. The van der Waals surface area contributed by atoms with Crippen LogP contribution in [0.1, 0.15) is 60.1 Å². The van der Waals surface area contributed by atoms with Crippen molar-refractivity contribution < 1.29 is 31.5 Å². The number of pyridine rings is 3. The third-order valence-corrected chi connectivity index (χ3v) is 12.1. The van der Waals surface area contributed by atoms with Gasteiger partial charge < -0.3 is 10.0 Å². The molecule has 4 aromatic heterocycles. The summed E-state index contributed by atoms with van der Waals surface area (Å²) in [4.78, 5) is 24.0. The van der Waals surface area contributed by atoms with Crippen LogP contribution in [0.5, 0.6) is 0 Å². The maximum absolute atomic E-state index is 14.2. The number of aliphatic carboxylic acids is 1. The van der Waals surface area contributed by atoms with E-state index in [1.807, 2.05) is 4.90 Å². The van der Waals surface area contributed by atoms with Crippen molar-refractivity contribution in [2.24, 2.45) is 11.8 Å². The first-order valence-electron chi connectivity index (χ1n) is 15.2. The number of carbonyl (C=O) groups is 1. The number of nitrogens with zero attached hydrogens (tertiary/aromatic N) is 7. The second-order valence-corrected chi connectivity index (χ2v) is 15.0. The minimum Gasteiger partial charge on any atom is -0.481 e. The lowest BCUT2D eigenvalue weighted by Crippen LogP contribution is -2.45. The zero-order valence-electron chi connectivity index (χ0n) is 25.7. The number of hydrogen-bond donors (Lipinski definition) is 1. The second-order valence-electron chi connectivity index (χ2n) is 12.6. The van der Waals surface area contributed by atoms with E-state index in [1.165, 1.54) is 28.8 Å². The Kier molecular flexibility index (Phi) is 7.34. The molecule has 6 heterocycles. The molecule has 0 aromatic carbocycles. The van der Waals surface area contributed by atoms with Crippen LogP contribution in [-0.4, -0.2) is 67.5 Å². The lowest BCUT2D eigenvalue weighted by molar-refractivity contribution is -0.145. The highest BCUT2D eigenvalue weighted by Gasteiger charge is 2.69. The quantitative estimate of drug-likeness (QED) is 0.307. The maximum atomic E-state index is 14.2. The van der Waals surface area contributed by atoms with E-state index in [0.29, 0.717) is 40.4 Å². The highest BCUT2D eigenvalue weighted by molar-refractivity contribution is 7.89. The number of fused-ring (bicyclic) bond motifs is 4. The van der Waals surface area contributed by atoms with Gasteiger partial charge in [0.2, 0.25) is 15.8 Å². The molecular formula is C31H31ClF3N7O4S. The van der Waals surface area contributed by atoms with E-state index in [1.54, 1.807) is 32.9 Å². The zero-order chi connectivity index (χ0) is 33.6. The predicted molar refractivity (Wildman–Crippen MR) is 165 cm³/mol. The SMILES string of the molecule is Cc1ccc([C@]2(c3ccn4c(C(F)(F)F)nnc4c3C)C(C)C2C(=O)O)nc1CN1C[C@@H]2CCCCN2c2ncc(Cl)cc2S1(=O)=O. The molecule has 1 saturated heterocycles. The van der Waals surface area contributed by atoms with Gasteiger partial charge in [0, 0.05) is 31.5 Å². The lowest BCUT2D eigenvalue weighted by Gasteiger charge is -2.36. The summed E-state index contributed by atoms with van der Waals surface area (Å²) in [5.41, 5.74) is 1.11. The molecule has 7 rings (SSSR count). The topological polar surface area (TPSA) is 134 Å². The summed E-state index contributed by atoms with van der Waals surface area (Å²) < 4.78 is 71.4. The molecule has 248 valence electrons. The number of halogens is 4. The molecule has 2 fully saturated rings. The van der Waals surface area contributed by atoms with E-state index in [-0.39, 0.29) is 34.7 Å². The Hall–Kier alpha value is -3.82. The standard InChI is InChI=1S/C31H31ClF3N7O4S/c1-16-7-8-24(30(18(3)25(30)28(43)44)21-9-11-42-26(17(21)2)38-39-29(42)31(33,34)35)37-22(16)15-40-14-20-6-4-5-10-41(20)27-23(47(40,45)46)12-19(32)13-36-27/h7-9,11-13,18,20,25H,4-6,10,14-15H2,1-3H3,(H,43,44)/t18?,20-,25?,30+/m0/s1. The number of rotatable bonds is 5. The molecule has 1 N–H and O–H groups in total. The smallest absolute Gasteiger partial charge is 0.452 e. The molecule has 1 saturated carbocycles. The van der Waals surface area contributed by atoms with Crippen molar-refractivity contribution in [3.63, 3.8) is 0 Å². The Morgan fingerprint density at radius 2 is 1.94 bits per heavy atom. The van der Waals surface area contributed by atoms with Gasteiger partial charge in [0.1, 0.15) is 10.7 Å². The van der Waals surface area contributed by atoms with Gasteiger partial charge in [0.15, 0.2) is 5.65 Å². The van der Waals surface area contributed by atoms with Gasteiger partial charge in [-0.2, -0.15) is 17.5 Å². The fourth-order valence-electron chi connectivity index (χ4n) is 7.68. The monoisotopic (exact) mass is 689 g/mol. The molecule has 16 heteroatoms. The molecule has 4 aromatic rings. The molecule has 11 nitrogen and oxygen atoms in total. The third kappa shape index (κ3) is 4.79. The van der Waals surface area contributed by atoms with E-state index in [4.69, 9.17) is 16.6 Å². The Morgan fingerprint density at radius 3 is 2.64 bits per heavy atom. The Bertz CT molecular complexity index is 2060. The van der Waals surface area contributed by atoms with Gasteiger partial charge in [0.05, 0.1) is 34.3 Å². The molecule has 1 aliphatic carbocycles. The Balaban J connectivity index is 1.33. The average Bonchev–Trinajstić information content (AvgIpc) is 3.41. The molecular weight excluding hydrogens is 659 g/mol. The summed E-state index contributed by atoms with van der Waals surface area (Å²) in [7, 11) is -4.07. The van der Waals surface area contributed by atoms with E-state index < -0.39 is 45.2 Å². The highest BCUT2D eigenvalue weighted by Crippen LogP contribution is 2.64. The normalized spacial score (nSPS) is 25.7. The zero-order valence-corrected chi connectivity index (χ0v) is 27.2. The number of carboxylic acid groups (broad SMARTS) is 1. The van der Waals surface area contributed by atoms with Crippen molar-refractivity contribution in [3.05, 3.63) is 75.6 Å². The van der Waals surface area contributed by atoms with Gasteiger partial charge >= 0.3 is 12.1 Å². The molecule has 0 amide bonds. The van der Waals surface area contributed by atoms with Crippen molar-refractivity contribution in [1.29, 1.82) is 0 Å². The van der Waals surface area contributed by atoms with Crippen LogP contribution < -0.4 is 4.90 Å². The number of anilines is 1. The number of alkyl halides is 3. The summed E-state index contributed by atoms with van der Waals surface area (Å²) in [6.07, 6.45) is 0.554. The number of piperidine rings is 1. The molecule has 0 bridgehead atoms. The van der Waals surface area contributed by atoms with Crippen molar-refractivity contribution in [3.8, 4) is 0 Å². The third-order valence-electron chi connectivity index (χ3n) is 10.1. The molecule has 3 aliphatic rings. The average molecular weight is 690 g/mol. The van der Waals surface area contributed by atoms with Crippen LogP contribution >= 0.6 is 11.6 Å². The summed E-state index contributed by atoms with van der Waals surface area (Å²) in [6.45, 7) is 5.94. The Labute approximate surface area is 273 Å². The first kappa shape index (κ1) is 31.8. The minimum absolute atomic E-state index is 0.0249. The molecule has 47 heavy (non-hydrogen) atoms. The lowest BCUT2D eigenvalue weighted by atomic mass is 9.85. The van der Waals surface area contributed by atoms with E-state index in [9.17, 15) is 31.5 Å². The van der Waals surface area contributed by atoms with Crippen LogP contribution in [0.2, 0.25) is 5.02 Å². The summed E-state index contributed by atoms with van der Waals surface area (Å²) in [6, 6.07) is 6.28. The predicted octanol–water partition coefficient (Wildman–Crippen LogP) is 5.01. The van der Waals surface area contributed by atoms with Crippen molar-refractivity contribution in [2.75, 3.05) is 18.0 Å². The van der Waals surface area contributed by atoms with E-state index in [0.717, 1.165) is 23.7 Å². The highest BCUT2D eigenvalue weighted by atomic mass is 35.5. The fraction of sp³-hybridized carbons (Fsp3) is 0.452. The van der Waals surface area contributed by atoms with Crippen molar-refractivity contribution >= 4 is 39.1 Å². The number of sulfonamides is 1. The summed E-state index contributed by atoms with van der Waals surface area (Å²) in [5, 5.41) is 17.6. The first-order valence-corrected chi connectivity index (χ1v) is 17.0. The number of aromatic nitrogens is 5. The van der Waals surface area contributed by atoms with E-state index >= 15 is 0 Å². The molecule has 2 unspecified atom stereocenters. The fourth-order valence-corrected chi connectivity index (χ4v) is 9.51. The van der Waals surface area contributed by atoms with Crippen molar-refractivity contribution in [1.82, 2.24) is 28.9 Å². The van der Waals surface area contributed by atoms with Gasteiger partial charge in [-0.15, -0.1) is 10.2 Å².